The fourth-order valence-electron chi connectivity index (χ4n) is 1.65. The molecule has 0 bridgehead atoms. The summed E-state index contributed by atoms with van der Waals surface area (Å²) in [5.74, 6) is -0.0205. The summed E-state index contributed by atoms with van der Waals surface area (Å²) < 4.78 is 0. The summed E-state index contributed by atoms with van der Waals surface area (Å²) in [7, 11) is 1.86. The third-order valence-corrected chi connectivity index (χ3v) is 3.45. The zero-order chi connectivity index (χ0) is 12.8. The summed E-state index contributed by atoms with van der Waals surface area (Å²) in [5.41, 5.74) is 2.97. The predicted molar refractivity (Wildman–Crippen MR) is 76.3 cm³/mol. The highest BCUT2D eigenvalue weighted by Gasteiger charge is 2.04. The molecule has 0 radical (unpaired) electrons. The van der Waals surface area contributed by atoms with Crippen LogP contribution in [0.2, 0.25) is 0 Å². The summed E-state index contributed by atoms with van der Waals surface area (Å²) in [4.78, 5) is 11.8. The molecule has 3 nitrogen and oxygen atoms in total. The van der Waals surface area contributed by atoms with Crippen molar-refractivity contribution in [2.45, 2.75) is 6.42 Å². The van der Waals surface area contributed by atoms with Crippen LogP contribution in [0.25, 0.3) is 0 Å². The van der Waals surface area contributed by atoms with Gasteiger partial charge in [-0.15, -0.1) is 0 Å². The van der Waals surface area contributed by atoms with E-state index in [1.807, 2.05) is 36.7 Å². The number of anilines is 1. The molecule has 18 heavy (non-hydrogen) atoms. The molecule has 1 heterocycles. The van der Waals surface area contributed by atoms with Crippen molar-refractivity contribution in [3.8, 4) is 0 Å². The zero-order valence-corrected chi connectivity index (χ0v) is 11.1. The van der Waals surface area contributed by atoms with Gasteiger partial charge in [0.2, 0.25) is 0 Å². The van der Waals surface area contributed by atoms with Crippen LogP contribution in [-0.2, 0) is 6.42 Å². The molecule has 2 N–H and O–H groups in total. The average molecular weight is 260 g/mol. The largest absolute Gasteiger partial charge is 0.388 e. The first-order chi connectivity index (χ1) is 8.79. The van der Waals surface area contributed by atoms with Gasteiger partial charge in [-0.2, -0.15) is 11.3 Å². The molecule has 0 saturated carbocycles. The number of amides is 1. The van der Waals surface area contributed by atoms with Crippen LogP contribution in [0.1, 0.15) is 15.9 Å². The Labute approximate surface area is 111 Å². The molecule has 0 atom stereocenters. The molecule has 1 aromatic carbocycles. The fourth-order valence-corrected chi connectivity index (χ4v) is 2.35. The number of hydrogen-bond donors (Lipinski definition) is 2. The quantitative estimate of drug-likeness (QED) is 0.868. The van der Waals surface area contributed by atoms with Crippen LogP contribution in [0.5, 0.6) is 0 Å². The number of hydrogen-bond acceptors (Lipinski definition) is 3. The van der Waals surface area contributed by atoms with E-state index in [9.17, 15) is 4.79 Å². The average Bonchev–Trinajstić information content (AvgIpc) is 2.92. The van der Waals surface area contributed by atoms with E-state index in [1.165, 1.54) is 5.56 Å². The molecule has 2 aromatic rings. The molecule has 0 aliphatic rings. The van der Waals surface area contributed by atoms with Crippen LogP contribution in [0.3, 0.4) is 0 Å². The first kappa shape index (κ1) is 12.6. The maximum atomic E-state index is 11.8. The molecule has 0 saturated heterocycles. The van der Waals surface area contributed by atoms with E-state index in [-0.39, 0.29) is 5.91 Å². The lowest BCUT2D eigenvalue weighted by atomic mass is 10.2. The van der Waals surface area contributed by atoms with Gasteiger partial charge < -0.3 is 10.6 Å². The van der Waals surface area contributed by atoms with Gasteiger partial charge in [-0.25, -0.2) is 0 Å². The molecular formula is C14H16N2OS. The van der Waals surface area contributed by atoms with Crippen molar-refractivity contribution in [2.75, 3.05) is 18.9 Å². The lowest BCUT2D eigenvalue weighted by molar-refractivity contribution is 0.0954. The van der Waals surface area contributed by atoms with Crippen molar-refractivity contribution in [3.05, 3.63) is 52.2 Å². The van der Waals surface area contributed by atoms with Gasteiger partial charge in [-0.1, -0.05) is 0 Å². The Kier molecular flexibility index (Phi) is 4.36. The fraction of sp³-hybridized carbons (Fsp3) is 0.214. The Bertz CT molecular complexity index is 491. The van der Waals surface area contributed by atoms with Gasteiger partial charge in [-0.05, 0) is 53.1 Å². The maximum absolute atomic E-state index is 11.8. The van der Waals surface area contributed by atoms with E-state index in [2.05, 4.69) is 22.1 Å². The molecule has 0 spiro atoms. The highest BCUT2D eigenvalue weighted by atomic mass is 32.1. The summed E-state index contributed by atoms with van der Waals surface area (Å²) in [5, 5.41) is 10.1. The van der Waals surface area contributed by atoms with Crippen LogP contribution < -0.4 is 10.6 Å². The van der Waals surface area contributed by atoms with Gasteiger partial charge in [0.05, 0.1) is 0 Å². The standard InChI is InChI=1S/C14H16N2OS/c1-15-13-4-2-12(3-5-13)14(17)16-8-6-11-7-9-18-10-11/h2-5,7,9-10,15H,6,8H2,1H3,(H,16,17). The smallest absolute Gasteiger partial charge is 0.251 e. The van der Waals surface area contributed by atoms with E-state index in [4.69, 9.17) is 0 Å². The summed E-state index contributed by atoms with van der Waals surface area (Å²) in [6.07, 6.45) is 0.879. The van der Waals surface area contributed by atoms with Crippen molar-refractivity contribution < 1.29 is 4.79 Å². The van der Waals surface area contributed by atoms with Crippen molar-refractivity contribution in [3.63, 3.8) is 0 Å². The maximum Gasteiger partial charge on any atom is 0.251 e. The summed E-state index contributed by atoms with van der Waals surface area (Å²) >= 11 is 1.68. The number of carbonyl (C=O) groups excluding carboxylic acids is 1. The number of rotatable bonds is 5. The molecule has 0 aliphatic carbocycles. The highest BCUT2D eigenvalue weighted by molar-refractivity contribution is 7.07. The molecular weight excluding hydrogens is 244 g/mol. The van der Waals surface area contributed by atoms with Gasteiger partial charge in [0.25, 0.3) is 5.91 Å². The van der Waals surface area contributed by atoms with E-state index in [1.54, 1.807) is 11.3 Å². The SMILES string of the molecule is CNc1ccc(C(=O)NCCc2ccsc2)cc1. The van der Waals surface area contributed by atoms with Crippen molar-refractivity contribution in [1.82, 2.24) is 5.32 Å². The van der Waals surface area contributed by atoms with Crippen LogP contribution in [0.15, 0.2) is 41.1 Å². The Morgan fingerprint density at radius 1 is 1.22 bits per heavy atom. The molecule has 1 amide bonds. The first-order valence-electron chi connectivity index (χ1n) is 5.86. The van der Waals surface area contributed by atoms with Gasteiger partial charge in [0, 0.05) is 24.8 Å². The Morgan fingerprint density at radius 2 is 2.00 bits per heavy atom. The molecule has 94 valence electrons. The van der Waals surface area contributed by atoms with Gasteiger partial charge in [0.1, 0.15) is 0 Å². The Morgan fingerprint density at radius 3 is 2.61 bits per heavy atom. The Balaban J connectivity index is 1.83. The number of benzene rings is 1. The van der Waals surface area contributed by atoms with Crippen molar-refractivity contribution >= 4 is 22.9 Å². The monoisotopic (exact) mass is 260 g/mol. The molecule has 4 heteroatoms. The normalized spacial score (nSPS) is 10.1. The second-order valence-electron chi connectivity index (χ2n) is 3.96. The highest BCUT2D eigenvalue weighted by Crippen LogP contribution is 2.09. The molecule has 0 fully saturated rings. The number of nitrogens with one attached hydrogen (secondary N) is 2. The number of thiophene rings is 1. The lowest BCUT2D eigenvalue weighted by Crippen LogP contribution is -2.25. The topological polar surface area (TPSA) is 41.1 Å². The second kappa shape index (κ2) is 6.21. The lowest BCUT2D eigenvalue weighted by Gasteiger charge is -2.05. The third kappa shape index (κ3) is 3.34. The van der Waals surface area contributed by atoms with Crippen molar-refractivity contribution in [1.29, 1.82) is 0 Å². The minimum atomic E-state index is -0.0205. The van der Waals surface area contributed by atoms with E-state index in [0.717, 1.165) is 12.1 Å². The van der Waals surface area contributed by atoms with Crippen LogP contribution in [0.4, 0.5) is 5.69 Å². The van der Waals surface area contributed by atoms with E-state index >= 15 is 0 Å². The summed E-state index contributed by atoms with van der Waals surface area (Å²) in [6.45, 7) is 0.670. The minimum absolute atomic E-state index is 0.0205. The molecule has 0 unspecified atom stereocenters. The molecule has 2 rings (SSSR count). The van der Waals surface area contributed by atoms with Gasteiger partial charge in [-0.3, -0.25) is 4.79 Å². The van der Waals surface area contributed by atoms with Crippen LogP contribution >= 0.6 is 11.3 Å². The minimum Gasteiger partial charge on any atom is -0.388 e. The molecule has 0 aliphatic heterocycles. The van der Waals surface area contributed by atoms with E-state index in [0.29, 0.717) is 12.1 Å². The second-order valence-corrected chi connectivity index (χ2v) is 4.74. The van der Waals surface area contributed by atoms with Gasteiger partial charge >= 0.3 is 0 Å². The van der Waals surface area contributed by atoms with E-state index < -0.39 is 0 Å². The first-order valence-corrected chi connectivity index (χ1v) is 6.81. The van der Waals surface area contributed by atoms with Gasteiger partial charge in [0.15, 0.2) is 0 Å². The number of carbonyl (C=O) groups is 1. The predicted octanol–water partition coefficient (Wildman–Crippen LogP) is 2.76. The Hall–Kier alpha value is -1.81. The summed E-state index contributed by atoms with van der Waals surface area (Å²) in [6, 6.07) is 9.53. The zero-order valence-electron chi connectivity index (χ0n) is 10.3. The van der Waals surface area contributed by atoms with Crippen LogP contribution in [-0.4, -0.2) is 19.5 Å². The van der Waals surface area contributed by atoms with Crippen LogP contribution in [0, 0.1) is 0 Å². The third-order valence-electron chi connectivity index (χ3n) is 2.72. The van der Waals surface area contributed by atoms with Crippen molar-refractivity contribution in [2.24, 2.45) is 0 Å². The molecule has 1 aromatic heterocycles.